The summed E-state index contributed by atoms with van der Waals surface area (Å²) in [5, 5.41) is 22.9. The van der Waals surface area contributed by atoms with Gasteiger partial charge in [-0.15, -0.1) is 11.3 Å². The van der Waals surface area contributed by atoms with Gasteiger partial charge in [0.2, 0.25) is 0 Å². The Kier molecular flexibility index (Phi) is 5.39. The van der Waals surface area contributed by atoms with Gasteiger partial charge >= 0.3 is 0 Å². The zero-order chi connectivity index (χ0) is 19.2. The monoisotopic (exact) mass is 380 g/mol. The zero-order valence-electron chi connectivity index (χ0n) is 13.8. The Labute approximate surface area is 157 Å². The highest BCUT2D eigenvalue weighted by Gasteiger charge is 2.13. The molecule has 1 amide bonds. The first-order chi connectivity index (χ1) is 13.0. The molecule has 0 aliphatic rings. The number of nitro benzene ring substituents is 1. The molecule has 1 N–H and O–H groups in total. The van der Waals surface area contributed by atoms with Crippen molar-refractivity contribution in [3.05, 3.63) is 80.7 Å². The molecule has 2 aromatic heterocycles. The Morgan fingerprint density at radius 1 is 1.41 bits per heavy atom. The minimum Gasteiger partial charge on any atom is -0.465 e. The van der Waals surface area contributed by atoms with Gasteiger partial charge in [-0.05, 0) is 17.7 Å². The third-order valence-electron chi connectivity index (χ3n) is 3.47. The van der Waals surface area contributed by atoms with Crippen molar-refractivity contribution in [1.82, 2.24) is 4.98 Å². The van der Waals surface area contributed by atoms with Crippen LogP contribution in [0.15, 0.2) is 58.8 Å². The molecule has 0 aliphatic carbocycles. The molecular weight excluding hydrogens is 368 g/mol. The Morgan fingerprint density at radius 3 is 2.96 bits per heavy atom. The molecule has 0 saturated carbocycles. The number of furan rings is 1. The smallest absolute Gasteiger partial charge is 0.269 e. The fraction of sp³-hybridized carbons (Fsp3) is 0.0556. The average molecular weight is 380 g/mol. The molecule has 0 unspecified atom stereocenters. The number of anilines is 1. The average Bonchev–Trinajstić information content (AvgIpc) is 3.32. The van der Waals surface area contributed by atoms with Crippen LogP contribution in [0.5, 0.6) is 0 Å². The molecule has 1 aromatic carbocycles. The molecule has 0 fully saturated rings. The normalized spacial score (nSPS) is 11.0. The van der Waals surface area contributed by atoms with Crippen molar-refractivity contribution in [3.8, 4) is 6.07 Å². The number of benzene rings is 1. The minimum absolute atomic E-state index is 0.0206. The molecule has 9 heteroatoms. The van der Waals surface area contributed by atoms with Gasteiger partial charge in [0.05, 0.1) is 11.2 Å². The summed E-state index contributed by atoms with van der Waals surface area (Å²) in [7, 11) is 0. The number of hydrogen-bond acceptors (Lipinski definition) is 7. The number of nitriles is 1. The molecule has 8 nitrogen and oxygen atoms in total. The molecular formula is C18H12N4O4S. The maximum absolute atomic E-state index is 12.2. The van der Waals surface area contributed by atoms with E-state index in [1.807, 2.05) is 6.07 Å². The first-order valence-corrected chi connectivity index (χ1v) is 8.51. The van der Waals surface area contributed by atoms with Crippen molar-refractivity contribution < 1.29 is 14.1 Å². The minimum atomic E-state index is -0.592. The van der Waals surface area contributed by atoms with Crippen LogP contribution in [0.2, 0.25) is 0 Å². The molecule has 0 atom stereocenters. The predicted molar refractivity (Wildman–Crippen MR) is 98.9 cm³/mol. The van der Waals surface area contributed by atoms with E-state index in [4.69, 9.17) is 9.68 Å². The maximum atomic E-state index is 12.2. The van der Waals surface area contributed by atoms with E-state index in [-0.39, 0.29) is 11.3 Å². The lowest BCUT2D eigenvalue weighted by Gasteiger charge is -2.00. The van der Waals surface area contributed by atoms with Gasteiger partial charge in [0.1, 0.15) is 17.4 Å². The Hall–Kier alpha value is -3.77. The van der Waals surface area contributed by atoms with Gasteiger partial charge in [0, 0.05) is 35.7 Å². The molecule has 0 spiro atoms. The topological polar surface area (TPSA) is 122 Å². The summed E-state index contributed by atoms with van der Waals surface area (Å²) in [6.07, 6.45) is 4.82. The lowest BCUT2D eigenvalue weighted by atomic mass is 10.1. The van der Waals surface area contributed by atoms with Crippen LogP contribution >= 0.6 is 11.3 Å². The summed E-state index contributed by atoms with van der Waals surface area (Å²) in [6, 6.07) is 11.4. The van der Waals surface area contributed by atoms with Crippen molar-refractivity contribution in [1.29, 1.82) is 5.26 Å². The molecule has 2 heterocycles. The van der Waals surface area contributed by atoms with Crippen molar-refractivity contribution in [3.63, 3.8) is 0 Å². The summed E-state index contributed by atoms with van der Waals surface area (Å²) in [5.41, 5.74) is 0.675. The molecule has 3 rings (SSSR count). The third kappa shape index (κ3) is 4.65. The van der Waals surface area contributed by atoms with Gasteiger partial charge in [0.15, 0.2) is 5.13 Å². The molecule has 27 heavy (non-hydrogen) atoms. The number of nitrogens with one attached hydrogen (secondary N) is 1. The zero-order valence-corrected chi connectivity index (χ0v) is 14.6. The highest BCUT2D eigenvalue weighted by molar-refractivity contribution is 7.15. The predicted octanol–water partition coefficient (Wildman–Crippen LogP) is 3.78. The fourth-order valence-electron chi connectivity index (χ4n) is 2.26. The second-order valence-corrected chi connectivity index (χ2v) is 6.49. The number of nitrogens with zero attached hydrogens (tertiary/aromatic N) is 3. The fourth-order valence-corrected chi connectivity index (χ4v) is 3.10. The van der Waals surface area contributed by atoms with E-state index in [9.17, 15) is 14.9 Å². The Morgan fingerprint density at radius 2 is 2.26 bits per heavy atom. The van der Waals surface area contributed by atoms with Crippen LogP contribution < -0.4 is 5.32 Å². The second-order valence-electron chi connectivity index (χ2n) is 5.37. The number of aromatic nitrogens is 1. The van der Waals surface area contributed by atoms with Crippen molar-refractivity contribution in [2.75, 3.05) is 5.32 Å². The van der Waals surface area contributed by atoms with E-state index in [2.05, 4.69) is 10.3 Å². The highest BCUT2D eigenvalue weighted by Crippen LogP contribution is 2.23. The molecule has 3 aromatic rings. The number of amides is 1. The number of hydrogen-bond donors (Lipinski definition) is 1. The lowest BCUT2D eigenvalue weighted by Crippen LogP contribution is -2.13. The Bertz CT molecular complexity index is 1050. The van der Waals surface area contributed by atoms with Crippen LogP contribution in [0.1, 0.15) is 16.2 Å². The third-order valence-corrected chi connectivity index (χ3v) is 4.38. The number of non-ortho nitro benzene ring substituents is 1. The van der Waals surface area contributed by atoms with Crippen molar-refractivity contribution >= 4 is 34.1 Å². The molecule has 0 saturated heterocycles. The quantitative estimate of drug-likeness (QED) is 0.300. The van der Waals surface area contributed by atoms with Gasteiger partial charge in [-0.3, -0.25) is 20.2 Å². The first kappa shape index (κ1) is 18.0. The molecule has 0 radical (unpaired) electrons. The van der Waals surface area contributed by atoms with Gasteiger partial charge in [-0.2, -0.15) is 5.26 Å². The summed E-state index contributed by atoms with van der Waals surface area (Å²) < 4.78 is 5.09. The first-order valence-electron chi connectivity index (χ1n) is 7.70. The number of rotatable bonds is 6. The van der Waals surface area contributed by atoms with E-state index in [1.54, 1.807) is 30.5 Å². The van der Waals surface area contributed by atoms with Crippen LogP contribution in [0.3, 0.4) is 0 Å². The number of carbonyl (C=O) groups excluding carboxylic acids is 1. The van der Waals surface area contributed by atoms with Gasteiger partial charge in [-0.1, -0.05) is 12.1 Å². The van der Waals surface area contributed by atoms with Crippen LogP contribution in [0.25, 0.3) is 6.08 Å². The molecule has 0 bridgehead atoms. The van der Waals surface area contributed by atoms with Crippen molar-refractivity contribution in [2.24, 2.45) is 0 Å². The highest BCUT2D eigenvalue weighted by atomic mass is 32.1. The standard InChI is InChI=1S/C18H12N4O4S/c19-10-13(9-15-5-2-6-26-15)17(23)21-18-20-11-16(27-18)8-12-3-1-4-14(7-12)22(24)25/h1-7,9,11H,8H2,(H,20,21,23). The van der Waals surface area contributed by atoms with Crippen LogP contribution in [-0.2, 0) is 11.2 Å². The van der Waals surface area contributed by atoms with E-state index in [0.717, 1.165) is 10.4 Å². The van der Waals surface area contributed by atoms with Gasteiger partial charge in [0.25, 0.3) is 11.6 Å². The van der Waals surface area contributed by atoms with E-state index < -0.39 is 10.8 Å². The molecule has 134 valence electrons. The Balaban J connectivity index is 1.69. The van der Waals surface area contributed by atoms with Crippen LogP contribution in [0.4, 0.5) is 10.8 Å². The van der Waals surface area contributed by atoms with E-state index in [1.165, 1.54) is 35.8 Å². The molecule has 0 aliphatic heterocycles. The van der Waals surface area contributed by atoms with Crippen molar-refractivity contribution in [2.45, 2.75) is 6.42 Å². The maximum Gasteiger partial charge on any atom is 0.269 e. The second kappa shape index (κ2) is 8.07. The summed E-state index contributed by atoms with van der Waals surface area (Å²) in [6.45, 7) is 0. The van der Waals surface area contributed by atoms with Gasteiger partial charge < -0.3 is 4.42 Å². The SMILES string of the molecule is N#CC(=Cc1ccco1)C(=O)Nc1ncc(Cc2cccc([N+](=O)[O-])c2)s1. The summed E-state index contributed by atoms with van der Waals surface area (Å²) >= 11 is 1.23. The number of nitro groups is 1. The largest absolute Gasteiger partial charge is 0.465 e. The van der Waals surface area contributed by atoms with Crippen LogP contribution in [-0.4, -0.2) is 15.8 Å². The lowest BCUT2D eigenvalue weighted by molar-refractivity contribution is -0.384. The summed E-state index contributed by atoms with van der Waals surface area (Å²) in [4.78, 5) is 27.5. The van der Waals surface area contributed by atoms with E-state index in [0.29, 0.717) is 17.3 Å². The van der Waals surface area contributed by atoms with Crippen LogP contribution in [0, 0.1) is 21.4 Å². The van der Waals surface area contributed by atoms with E-state index >= 15 is 0 Å². The number of thiazole rings is 1. The summed E-state index contributed by atoms with van der Waals surface area (Å²) in [5.74, 6) is -0.197. The van der Waals surface area contributed by atoms with Gasteiger partial charge in [-0.25, -0.2) is 4.98 Å². The number of carbonyl (C=O) groups is 1.